The molecule has 0 radical (unpaired) electrons. The van der Waals surface area contributed by atoms with E-state index in [0.717, 1.165) is 25.4 Å². The molecule has 122 valence electrons. The van der Waals surface area contributed by atoms with Crippen molar-refractivity contribution in [1.82, 2.24) is 4.90 Å². The highest BCUT2D eigenvalue weighted by atomic mass is 35.5. The summed E-state index contributed by atoms with van der Waals surface area (Å²) >= 11 is 0. The number of hydrogen-bond donors (Lipinski definition) is 1. The Kier molecular flexibility index (Phi) is 5.78. The monoisotopic (exact) mass is 325 g/mol. The second-order valence-corrected chi connectivity index (χ2v) is 6.45. The van der Waals surface area contributed by atoms with E-state index in [9.17, 15) is 10.1 Å². The maximum Gasteiger partial charge on any atom is 0.269 e. The van der Waals surface area contributed by atoms with Crippen molar-refractivity contribution >= 4 is 18.1 Å². The zero-order chi connectivity index (χ0) is 14.8. The van der Waals surface area contributed by atoms with Crippen LogP contribution in [0.5, 0.6) is 0 Å². The van der Waals surface area contributed by atoms with Crippen LogP contribution in [0.3, 0.4) is 0 Å². The van der Waals surface area contributed by atoms with Crippen LogP contribution in [0.15, 0.2) is 24.3 Å². The Morgan fingerprint density at radius 1 is 1.23 bits per heavy atom. The van der Waals surface area contributed by atoms with Crippen LogP contribution in [-0.4, -0.2) is 35.5 Å². The van der Waals surface area contributed by atoms with Gasteiger partial charge in [-0.1, -0.05) is 18.6 Å². The predicted octanol–water partition coefficient (Wildman–Crippen LogP) is 2.62. The number of halogens is 1. The highest BCUT2D eigenvalue weighted by Crippen LogP contribution is 2.35. The van der Waals surface area contributed by atoms with Gasteiger partial charge in [-0.25, -0.2) is 0 Å². The van der Waals surface area contributed by atoms with E-state index in [4.69, 9.17) is 5.73 Å². The molecule has 1 saturated heterocycles. The molecule has 1 saturated carbocycles. The van der Waals surface area contributed by atoms with Crippen LogP contribution in [0.25, 0.3) is 0 Å². The maximum absolute atomic E-state index is 10.6. The molecule has 3 rings (SSSR count). The lowest BCUT2D eigenvalue weighted by molar-refractivity contribution is -0.384. The molecule has 1 aliphatic carbocycles. The van der Waals surface area contributed by atoms with Gasteiger partial charge in [0.2, 0.25) is 0 Å². The van der Waals surface area contributed by atoms with Crippen molar-refractivity contribution < 1.29 is 4.92 Å². The van der Waals surface area contributed by atoms with E-state index in [1.165, 1.54) is 31.4 Å². The molecular weight excluding hydrogens is 302 g/mol. The van der Waals surface area contributed by atoms with E-state index < -0.39 is 0 Å². The van der Waals surface area contributed by atoms with Crippen LogP contribution >= 0.6 is 12.4 Å². The van der Waals surface area contributed by atoms with Crippen molar-refractivity contribution in [3.63, 3.8) is 0 Å². The standard InChI is InChI=1S/C16H23N3O2.ClH/c17-16-3-1-2-13-10-18(11-15(13)16)9-8-12-4-6-14(7-5-12)19(20)21;/h4-7,13,15-16H,1-3,8-11,17H2;1H. The molecule has 2 N–H and O–H groups in total. The third kappa shape index (κ3) is 3.77. The second kappa shape index (κ2) is 7.40. The van der Waals surface area contributed by atoms with Crippen LogP contribution in [0.2, 0.25) is 0 Å². The lowest BCUT2D eigenvalue weighted by Crippen LogP contribution is -2.38. The predicted molar refractivity (Wildman–Crippen MR) is 89.3 cm³/mol. The first-order valence-corrected chi connectivity index (χ1v) is 7.85. The van der Waals surface area contributed by atoms with E-state index >= 15 is 0 Å². The molecule has 1 heterocycles. The van der Waals surface area contributed by atoms with Crippen molar-refractivity contribution in [1.29, 1.82) is 0 Å². The third-order valence-electron chi connectivity index (χ3n) is 5.09. The third-order valence-corrected chi connectivity index (χ3v) is 5.09. The van der Waals surface area contributed by atoms with Gasteiger partial charge in [0.25, 0.3) is 5.69 Å². The van der Waals surface area contributed by atoms with Gasteiger partial charge < -0.3 is 10.6 Å². The average molecular weight is 326 g/mol. The number of non-ortho nitro benzene ring substituents is 1. The largest absolute Gasteiger partial charge is 0.327 e. The van der Waals surface area contributed by atoms with E-state index in [2.05, 4.69) is 4.90 Å². The van der Waals surface area contributed by atoms with Gasteiger partial charge in [0.1, 0.15) is 0 Å². The summed E-state index contributed by atoms with van der Waals surface area (Å²) in [5.41, 5.74) is 7.57. The number of hydrogen-bond acceptors (Lipinski definition) is 4. The number of likely N-dealkylation sites (tertiary alicyclic amines) is 1. The van der Waals surface area contributed by atoms with Gasteiger partial charge in [-0.05, 0) is 36.7 Å². The van der Waals surface area contributed by atoms with Crippen LogP contribution < -0.4 is 5.73 Å². The van der Waals surface area contributed by atoms with Gasteiger partial charge in [-0.3, -0.25) is 10.1 Å². The van der Waals surface area contributed by atoms with Gasteiger partial charge in [0.15, 0.2) is 0 Å². The number of benzene rings is 1. The normalized spacial score (nSPS) is 28.0. The lowest BCUT2D eigenvalue weighted by atomic mass is 9.78. The SMILES string of the molecule is Cl.NC1CCCC2CN(CCc3ccc([N+](=O)[O-])cc3)CC12. The minimum Gasteiger partial charge on any atom is -0.327 e. The average Bonchev–Trinajstić information content (AvgIpc) is 2.90. The quantitative estimate of drug-likeness (QED) is 0.682. The molecule has 0 amide bonds. The molecule has 1 aromatic rings. The number of nitrogens with two attached hydrogens (primary N) is 1. The Morgan fingerprint density at radius 2 is 1.95 bits per heavy atom. The van der Waals surface area contributed by atoms with Gasteiger partial charge in [0, 0.05) is 37.8 Å². The molecule has 2 fully saturated rings. The van der Waals surface area contributed by atoms with Crippen molar-refractivity contribution in [3.8, 4) is 0 Å². The van der Waals surface area contributed by atoms with Crippen LogP contribution in [0.4, 0.5) is 5.69 Å². The fourth-order valence-corrected chi connectivity index (χ4v) is 3.86. The molecule has 1 aromatic carbocycles. The summed E-state index contributed by atoms with van der Waals surface area (Å²) in [5, 5.41) is 10.6. The van der Waals surface area contributed by atoms with Crippen LogP contribution in [0, 0.1) is 22.0 Å². The lowest BCUT2D eigenvalue weighted by Gasteiger charge is -2.29. The van der Waals surface area contributed by atoms with Crippen LogP contribution in [0.1, 0.15) is 24.8 Å². The fraction of sp³-hybridized carbons (Fsp3) is 0.625. The Balaban J connectivity index is 0.00000176. The molecule has 2 aliphatic rings. The highest BCUT2D eigenvalue weighted by Gasteiger charge is 2.38. The Bertz CT molecular complexity index is 509. The molecular formula is C16H24ClN3O2. The zero-order valence-corrected chi connectivity index (χ0v) is 13.5. The van der Waals surface area contributed by atoms with Crippen molar-refractivity contribution in [3.05, 3.63) is 39.9 Å². The molecule has 22 heavy (non-hydrogen) atoms. The first kappa shape index (κ1) is 17.2. The van der Waals surface area contributed by atoms with Crippen LogP contribution in [-0.2, 0) is 6.42 Å². The number of rotatable bonds is 4. The summed E-state index contributed by atoms with van der Waals surface area (Å²) in [7, 11) is 0. The molecule has 0 aromatic heterocycles. The van der Waals surface area contributed by atoms with Gasteiger partial charge >= 0.3 is 0 Å². The summed E-state index contributed by atoms with van der Waals surface area (Å²) < 4.78 is 0. The van der Waals surface area contributed by atoms with Crippen molar-refractivity contribution in [2.45, 2.75) is 31.7 Å². The number of fused-ring (bicyclic) bond motifs is 1. The molecule has 1 aliphatic heterocycles. The van der Waals surface area contributed by atoms with Gasteiger partial charge in [0.05, 0.1) is 4.92 Å². The maximum atomic E-state index is 10.6. The minimum atomic E-state index is -0.351. The van der Waals surface area contributed by atoms with E-state index in [0.29, 0.717) is 12.0 Å². The first-order valence-electron chi connectivity index (χ1n) is 7.85. The van der Waals surface area contributed by atoms with Crippen molar-refractivity contribution in [2.75, 3.05) is 19.6 Å². The summed E-state index contributed by atoms with van der Waals surface area (Å²) in [6.07, 6.45) is 4.73. The van der Waals surface area contributed by atoms with Gasteiger partial charge in [-0.15, -0.1) is 12.4 Å². The Hall–Kier alpha value is -1.17. The molecule has 5 nitrogen and oxygen atoms in total. The Morgan fingerprint density at radius 3 is 2.59 bits per heavy atom. The Labute approximate surface area is 137 Å². The number of nitro benzene ring substituents is 1. The topological polar surface area (TPSA) is 72.4 Å². The molecule has 6 heteroatoms. The molecule has 3 unspecified atom stereocenters. The van der Waals surface area contributed by atoms with Crippen molar-refractivity contribution in [2.24, 2.45) is 17.6 Å². The number of nitrogens with zero attached hydrogens (tertiary/aromatic N) is 2. The number of nitro groups is 1. The van der Waals surface area contributed by atoms with E-state index in [-0.39, 0.29) is 23.0 Å². The summed E-state index contributed by atoms with van der Waals surface area (Å²) in [6, 6.07) is 7.30. The summed E-state index contributed by atoms with van der Waals surface area (Å²) in [6.45, 7) is 3.32. The molecule has 0 bridgehead atoms. The fourth-order valence-electron chi connectivity index (χ4n) is 3.86. The van der Waals surface area contributed by atoms with Gasteiger partial charge in [-0.2, -0.15) is 0 Å². The minimum absolute atomic E-state index is 0. The second-order valence-electron chi connectivity index (χ2n) is 6.45. The first-order chi connectivity index (χ1) is 10.1. The van der Waals surface area contributed by atoms with E-state index in [1.54, 1.807) is 12.1 Å². The summed E-state index contributed by atoms with van der Waals surface area (Å²) in [4.78, 5) is 12.8. The molecule has 3 atom stereocenters. The van der Waals surface area contributed by atoms with E-state index in [1.807, 2.05) is 12.1 Å². The highest BCUT2D eigenvalue weighted by molar-refractivity contribution is 5.85. The summed E-state index contributed by atoms with van der Waals surface area (Å²) in [5.74, 6) is 1.46. The molecule has 0 spiro atoms. The zero-order valence-electron chi connectivity index (χ0n) is 12.7. The smallest absolute Gasteiger partial charge is 0.269 e.